The first kappa shape index (κ1) is 15.0. The number of nitro benzene ring substituents is 2. The van der Waals surface area contributed by atoms with Gasteiger partial charge in [0.15, 0.2) is 11.0 Å². The minimum atomic E-state index is -0.481. The SMILES string of the molecule is O=[N+]([O-])c1cccc2n[nH]nc12.O=[N+]([O-])c1cccc2n[nH]nc12. The fourth-order valence-electron chi connectivity index (χ4n) is 2.00. The number of aromatic nitrogens is 6. The van der Waals surface area contributed by atoms with Gasteiger partial charge in [-0.3, -0.25) is 20.2 Å². The molecule has 2 heterocycles. The number of nitrogens with one attached hydrogen (secondary N) is 2. The Morgan fingerprint density at radius 1 is 0.708 bits per heavy atom. The highest BCUT2D eigenvalue weighted by Gasteiger charge is 2.14. The van der Waals surface area contributed by atoms with E-state index in [1.807, 2.05) is 0 Å². The van der Waals surface area contributed by atoms with Crippen LogP contribution in [0.4, 0.5) is 11.4 Å². The molecule has 2 aromatic heterocycles. The van der Waals surface area contributed by atoms with Crippen molar-refractivity contribution in [2.45, 2.75) is 0 Å². The Morgan fingerprint density at radius 3 is 1.50 bits per heavy atom. The van der Waals surface area contributed by atoms with Crippen molar-refractivity contribution in [1.29, 1.82) is 0 Å². The second-order valence-corrected chi connectivity index (χ2v) is 4.45. The Labute approximate surface area is 131 Å². The summed E-state index contributed by atoms with van der Waals surface area (Å²) in [7, 11) is 0. The first-order valence-corrected chi connectivity index (χ1v) is 6.45. The molecule has 0 aliphatic carbocycles. The van der Waals surface area contributed by atoms with Crippen molar-refractivity contribution < 1.29 is 9.85 Å². The molecule has 0 bridgehead atoms. The van der Waals surface area contributed by atoms with Gasteiger partial charge in [0.2, 0.25) is 0 Å². The van der Waals surface area contributed by atoms with E-state index in [2.05, 4.69) is 30.8 Å². The van der Waals surface area contributed by atoms with Gasteiger partial charge in [0.1, 0.15) is 11.0 Å². The van der Waals surface area contributed by atoms with Crippen LogP contribution in [0.1, 0.15) is 0 Å². The van der Waals surface area contributed by atoms with Gasteiger partial charge in [0, 0.05) is 12.1 Å². The minimum Gasteiger partial charge on any atom is -0.258 e. The zero-order valence-corrected chi connectivity index (χ0v) is 11.8. The van der Waals surface area contributed by atoms with E-state index in [0.29, 0.717) is 22.1 Å². The number of nitro groups is 2. The molecule has 12 heteroatoms. The summed E-state index contributed by atoms with van der Waals surface area (Å²) >= 11 is 0. The number of H-pyrrole nitrogens is 2. The lowest BCUT2D eigenvalue weighted by atomic mass is 10.3. The fraction of sp³-hybridized carbons (Fsp3) is 0. The average molecular weight is 328 g/mol. The van der Waals surface area contributed by atoms with E-state index < -0.39 is 9.85 Å². The molecule has 4 rings (SSSR count). The molecule has 2 N–H and O–H groups in total. The standard InChI is InChI=1S/2C6H4N4O2/c2*11-10(12)5-3-1-2-4-6(5)8-9-7-4/h2*1-3H,(H,7,8,9). The highest BCUT2D eigenvalue weighted by Crippen LogP contribution is 2.21. The number of non-ortho nitro benzene ring substituents is 2. The molecule has 24 heavy (non-hydrogen) atoms. The van der Waals surface area contributed by atoms with Crippen molar-refractivity contribution in [3.63, 3.8) is 0 Å². The van der Waals surface area contributed by atoms with E-state index in [9.17, 15) is 20.2 Å². The molecule has 0 saturated carbocycles. The van der Waals surface area contributed by atoms with Crippen molar-refractivity contribution in [2.24, 2.45) is 0 Å². The highest BCUT2D eigenvalue weighted by atomic mass is 16.6. The maximum absolute atomic E-state index is 10.4. The van der Waals surface area contributed by atoms with E-state index in [1.165, 1.54) is 12.1 Å². The Balaban J connectivity index is 0.000000141. The average Bonchev–Trinajstić information content (AvgIpc) is 3.23. The van der Waals surface area contributed by atoms with Crippen molar-refractivity contribution in [3.8, 4) is 0 Å². The molecule has 0 radical (unpaired) electrons. The van der Waals surface area contributed by atoms with Gasteiger partial charge in [0.25, 0.3) is 11.4 Å². The molecule has 120 valence electrons. The van der Waals surface area contributed by atoms with E-state index in [4.69, 9.17) is 0 Å². The molecule has 0 aliphatic heterocycles. The van der Waals surface area contributed by atoms with E-state index in [1.54, 1.807) is 24.3 Å². The number of benzene rings is 2. The van der Waals surface area contributed by atoms with Crippen molar-refractivity contribution in [2.75, 3.05) is 0 Å². The summed E-state index contributed by atoms with van der Waals surface area (Å²) in [5.41, 5.74) is 1.54. The highest BCUT2D eigenvalue weighted by molar-refractivity contribution is 5.83. The van der Waals surface area contributed by atoms with E-state index in [0.717, 1.165) is 0 Å². The van der Waals surface area contributed by atoms with Crippen LogP contribution in [-0.4, -0.2) is 40.7 Å². The van der Waals surface area contributed by atoms with E-state index >= 15 is 0 Å². The van der Waals surface area contributed by atoms with Crippen molar-refractivity contribution in [1.82, 2.24) is 30.8 Å². The van der Waals surface area contributed by atoms with Gasteiger partial charge < -0.3 is 0 Å². The zero-order valence-electron chi connectivity index (χ0n) is 11.8. The molecule has 0 aliphatic rings. The third-order valence-electron chi connectivity index (χ3n) is 3.04. The van der Waals surface area contributed by atoms with Gasteiger partial charge in [-0.05, 0) is 12.1 Å². The van der Waals surface area contributed by atoms with Gasteiger partial charge in [-0.2, -0.15) is 20.6 Å². The van der Waals surface area contributed by atoms with Gasteiger partial charge in [-0.15, -0.1) is 10.2 Å². The number of para-hydroxylation sites is 2. The molecule has 0 amide bonds. The third kappa shape index (κ3) is 2.70. The number of hydrogen-bond donors (Lipinski definition) is 2. The number of fused-ring (bicyclic) bond motifs is 2. The number of aromatic amines is 2. The first-order chi connectivity index (χ1) is 11.6. The quantitative estimate of drug-likeness (QED) is 0.414. The van der Waals surface area contributed by atoms with Crippen LogP contribution in [0.2, 0.25) is 0 Å². The summed E-state index contributed by atoms with van der Waals surface area (Å²) in [5, 5.41) is 40.3. The summed E-state index contributed by atoms with van der Waals surface area (Å²) in [5.74, 6) is 0. The van der Waals surface area contributed by atoms with Gasteiger partial charge >= 0.3 is 0 Å². The fourth-order valence-corrected chi connectivity index (χ4v) is 2.00. The maximum atomic E-state index is 10.4. The van der Waals surface area contributed by atoms with Crippen LogP contribution in [-0.2, 0) is 0 Å². The molecular formula is C12H8N8O4. The molecular weight excluding hydrogens is 320 g/mol. The van der Waals surface area contributed by atoms with Crippen LogP contribution >= 0.6 is 0 Å². The molecule has 0 spiro atoms. The second kappa shape index (κ2) is 6.04. The zero-order chi connectivity index (χ0) is 17.1. The van der Waals surface area contributed by atoms with Crippen LogP contribution in [0.5, 0.6) is 0 Å². The lowest BCUT2D eigenvalue weighted by Crippen LogP contribution is -1.88. The normalized spacial score (nSPS) is 10.3. The molecule has 0 unspecified atom stereocenters. The topological polar surface area (TPSA) is 169 Å². The molecule has 0 saturated heterocycles. The predicted molar refractivity (Wildman–Crippen MR) is 81.1 cm³/mol. The lowest BCUT2D eigenvalue weighted by Gasteiger charge is -1.88. The van der Waals surface area contributed by atoms with Gasteiger partial charge in [0.05, 0.1) is 9.85 Å². The summed E-state index contributed by atoms with van der Waals surface area (Å²) < 4.78 is 0. The summed E-state index contributed by atoms with van der Waals surface area (Å²) in [4.78, 5) is 19.9. The lowest BCUT2D eigenvalue weighted by molar-refractivity contribution is -0.383. The van der Waals surface area contributed by atoms with E-state index in [-0.39, 0.29) is 11.4 Å². The maximum Gasteiger partial charge on any atom is 0.299 e. The molecule has 0 fully saturated rings. The van der Waals surface area contributed by atoms with Crippen LogP contribution in [0, 0.1) is 20.2 Å². The largest absolute Gasteiger partial charge is 0.299 e. The molecule has 2 aromatic carbocycles. The second-order valence-electron chi connectivity index (χ2n) is 4.45. The smallest absolute Gasteiger partial charge is 0.258 e. The van der Waals surface area contributed by atoms with Gasteiger partial charge in [-0.1, -0.05) is 12.1 Å². The predicted octanol–water partition coefficient (Wildman–Crippen LogP) is 1.73. The Kier molecular flexibility index (Phi) is 3.76. The summed E-state index contributed by atoms with van der Waals surface area (Å²) in [6.07, 6.45) is 0. The van der Waals surface area contributed by atoms with Crippen molar-refractivity contribution >= 4 is 33.4 Å². The Morgan fingerprint density at radius 2 is 1.12 bits per heavy atom. The number of hydrogen-bond acceptors (Lipinski definition) is 8. The minimum absolute atomic E-state index is 0.0266. The van der Waals surface area contributed by atoms with Crippen LogP contribution in [0.15, 0.2) is 36.4 Å². The number of rotatable bonds is 2. The van der Waals surface area contributed by atoms with Gasteiger partial charge in [-0.25, -0.2) is 0 Å². The Bertz CT molecular complexity index is 956. The molecule has 4 aromatic rings. The molecule has 0 atom stereocenters. The first-order valence-electron chi connectivity index (χ1n) is 6.45. The Hall–Kier alpha value is -3.96. The van der Waals surface area contributed by atoms with Crippen LogP contribution in [0.25, 0.3) is 22.1 Å². The molecule has 12 nitrogen and oxygen atoms in total. The van der Waals surface area contributed by atoms with Crippen LogP contribution < -0.4 is 0 Å². The summed E-state index contributed by atoms with van der Waals surface area (Å²) in [6.45, 7) is 0. The number of nitrogens with zero attached hydrogens (tertiary/aromatic N) is 6. The monoisotopic (exact) mass is 328 g/mol. The van der Waals surface area contributed by atoms with Crippen LogP contribution in [0.3, 0.4) is 0 Å². The third-order valence-corrected chi connectivity index (χ3v) is 3.04. The summed E-state index contributed by atoms with van der Waals surface area (Å²) in [6, 6.07) is 9.25. The van der Waals surface area contributed by atoms with Crippen molar-refractivity contribution in [3.05, 3.63) is 56.6 Å².